The van der Waals surface area contributed by atoms with Crippen LogP contribution in [0.5, 0.6) is 0 Å². The van der Waals surface area contributed by atoms with Crippen LogP contribution in [-0.4, -0.2) is 32.9 Å². The Balaban J connectivity index is 2.68. The molecule has 0 atom stereocenters. The van der Waals surface area contributed by atoms with Crippen molar-refractivity contribution in [2.45, 2.75) is 18.0 Å². The van der Waals surface area contributed by atoms with Gasteiger partial charge in [-0.3, -0.25) is 0 Å². The fraction of sp³-hybridized carbons (Fsp3) is 0.333. The molecule has 0 amide bonds. The second-order valence-corrected chi connectivity index (χ2v) is 3.73. The molecule has 4 nitrogen and oxygen atoms in total. The lowest BCUT2D eigenvalue weighted by atomic mass is 9.92. The van der Waals surface area contributed by atoms with Crippen molar-refractivity contribution in [2.75, 3.05) is 0 Å². The molecule has 2 N–H and O–H groups in total. The normalized spacial score (nSPS) is 14.1. The Hall–Kier alpha value is -1.84. The van der Waals surface area contributed by atoms with Crippen molar-refractivity contribution >= 4 is 11.0 Å². The third kappa shape index (κ3) is 1.91. The van der Waals surface area contributed by atoms with Crippen LogP contribution in [0.25, 0.3) is 11.0 Å². The molecule has 2 rings (SSSR count). The van der Waals surface area contributed by atoms with Crippen LogP contribution in [-0.2, 0) is 5.60 Å². The number of aliphatic hydroxyl groups is 1. The van der Waals surface area contributed by atoms with Gasteiger partial charge in [0.1, 0.15) is 11.0 Å². The smallest absolute Gasteiger partial charge is 0.369 e. The second-order valence-electron chi connectivity index (χ2n) is 3.73. The summed E-state index contributed by atoms with van der Waals surface area (Å²) in [5.41, 5.74) is -6.46. The van der Waals surface area contributed by atoms with Crippen LogP contribution in [0.15, 0.2) is 18.2 Å². The maximum Gasteiger partial charge on any atom is 0.430 e. The van der Waals surface area contributed by atoms with Crippen LogP contribution in [0.4, 0.5) is 26.3 Å². The number of halogens is 6. The Bertz CT molecular complexity index is 588. The Morgan fingerprint density at radius 3 is 1.95 bits per heavy atom. The van der Waals surface area contributed by atoms with Crippen molar-refractivity contribution in [3.8, 4) is 0 Å². The van der Waals surface area contributed by atoms with Crippen molar-refractivity contribution < 1.29 is 31.4 Å². The van der Waals surface area contributed by atoms with E-state index in [9.17, 15) is 26.3 Å². The number of hydrogen-bond donors (Lipinski definition) is 2. The van der Waals surface area contributed by atoms with Crippen molar-refractivity contribution in [3.63, 3.8) is 0 Å². The first-order valence-corrected chi connectivity index (χ1v) is 4.74. The van der Waals surface area contributed by atoms with Crippen LogP contribution >= 0.6 is 0 Å². The molecule has 10 heteroatoms. The van der Waals surface area contributed by atoms with E-state index in [1.807, 2.05) is 5.21 Å². The highest BCUT2D eigenvalue weighted by Crippen LogP contribution is 2.50. The number of aromatic nitrogens is 3. The summed E-state index contributed by atoms with van der Waals surface area (Å²) in [6, 6.07) is 1.89. The molecule has 0 aliphatic carbocycles. The van der Waals surface area contributed by atoms with E-state index in [1.165, 1.54) is 0 Å². The van der Waals surface area contributed by atoms with E-state index in [1.54, 1.807) is 0 Å². The van der Waals surface area contributed by atoms with Crippen molar-refractivity contribution in [1.29, 1.82) is 0 Å². The molecule has 0 unspecified atom stereocenters. The first-order valence-electron chi connectivity index (χ1n) is 4.74. The fourth-order valence-corrected chi connectivity index (χ4v) is 1.55. The molecule has 0 radical (unpaired) electrons. The number of nitrogens with zero attached hydrogens (tertiary/aromatic N) is 2. The topological polar surface area (TPSA) is 61.8 Å². The monoisotopic (exact) mass is 285 g/mol. The minimum Gasteiger partial charge on any atom is -0.369 e. The molecule has 0 bridgehead atoms. The number of H-pyrrole nitrogens is 1. The van der Waals surface area contributed by atoms with E-state index in [0.717, 1.165) is 6.07 Å². The van der Waals surface area contributed by atoms with Gasteiger partial charge in [-0.15, -0.1) is 0 Å². The largest absolute Gasteiger partial charge is 0.430 e. The average Bonchev–Trinajstić information content (AvgIpc) is 2.71. The molecule has 0 saturated heterocycles. The van der Waals surface area contributed by atoms with Gasteiger partial charge < -0.3 is 5.11 Å². The predicted molar refractivity (Wildman–Crippen MR) is 49.9 cm³/mol. The van der Waals surface area contributed by atoms with Gasteiger partial charge in [-0.05, 0) is 12.1 Å². The summed E-state index contributed by atoms with van der Waals surface area (Å²) in [7, 11) is 0. The standard InChI is InChI=1S/C9H5F6N3O/c10-8(11,12)7(19,9(13,14)15)4-1-2-5-6(3-4)17-18-16-5/h1-3,19H,(H,16,17,18). The molecule has 1 aromatic carbocycles. The summed E-state index contributed by atoms with van der Waals surface area (Å²) in [5, 5.41) is 18.1. The zero-order chi connectivity index (χ0) is 14.5. The predicted octanol–water partition coefficient (Wildman–Crippen LogP) is 2.27. The van der Waals surface area contributed by atoms with E-state index in [0.29, 0.717) is 12.1 Å². The molecule has 0 aliphatic heterocycles. The van der Waals surface area contributed by atoms with Gasteiger partial charge in [-0.1, -0.05) is 6.07 Å². The van der Waals surface area contributed by atoms with Gasteiger partial charge in [0, 0.05) is 5.56 Å². The van der Waals surface area contributed by atoms with Crippen LogP contribution in [0, 0.1) is 0 Å². The fourth-order valence-electron chi connectivity index (χ4n) is 1.55. The third-order valence-electron chi connectivity index (χ3n) is 2.55. The zero-order valence-electron chi connectivity index (χ0n) is 8.84. The highest BCUT2D eigenvalue weighted by Gasteiger charge is 2.71. The van der Waals surface area contributed by atoms with Crippen molar-refractivity contribution in [2.24, 2.45) is 0 Å². The Morgan fingerprint density at radius 2 is 1.42 bits per heavy atom. The molecule has 0 spiro atoms. The maximum atomic E-state index is 12.6. The number of fused-ring (bicyclic) bond motifs is 1. The Labute approximate surface area is 101 Å². The molecule has 0 saturated carbocycles. The van der Waals surface area contributed by atoms with Crippen LogP contribution in [0.1, 0.15) is 5.56 Å². The zero-order valence-corrected chi connectivity index (χ0v) is 8.84. The van der Waals surface area contributed by atoms with E-state index < -0.39 is 23.5 Å². The van der Waals surface area contributed by atoms with Crippen LogP contribution < -0.4 is 0 Å². The number of nitrogens with one attached hydrogen (secondary N) is 1. The average molecular weight is 285 g/mol. The number of rotatable bonds is 1. The highest BCUT2D eigenvalue weighted by atomic mass is 19.4. The van der Waals surface area contributed by atoms with E-state index in [2.05, 4.69) is 10.2 Å². The van der Waals surface area contributed by atoms with Crippen molar-refractivity contribution in [3.05, 3.63) is 23.8 Å². The van der Waals surface area contributed by atoms with Crippen molar-refractivity contribution in [1.82, 2.24) is 15.4 Å². The third-order valence-corrected chi connectivity index (χ3v) is 2.55. The van der Waals surface area contributed by atoms with Gasteiger partial charge in [0.2, 0.25) is 0 Å². The number of hydrogen-bond acceptors (Lipinski definition) is 3. The van der Waals surface area contributed by atoms with Gasteiger partial charge >= 0.3 is 12.4 Å². The minimum atomic E-state index is -5.91. The van der Waals surface area contributed by atoms with Gasteiger partial charge in [0.15, 0.2) is 0 Å². The maximum absolute atomic E-state index is 12.6. The summed E-state index contributed by atoms with van der Waals surface area (Å²) < 4.78 is 75.6. The summed E-state index contributed by atoms with van der Waals surface area (Å²) in [4.78, 5) is 0. The van der Waals surface area contributed by atoms with Crippen LogP contribution in [0.3, 0.4) is 0 Å². The minimum absolute atomic E-state index is 0.0791. The lowest BCUT2D eigenvalue weighted by Gasteiger charge is -2.32. The number of aromatic amines is 1. The summed E-state index contributed by atoms with van der Waals surface area (Å²) >= 11 is 0. The van der Waals surface area contributed by atoms with E-state index in [4.69, 9.17) is 5.11 Å². The molecule has 104 valence electrons. The lowest BCUT2D eigenvalue weighted by Crippen LogP contribution is -2.53. The summed E-state index contributed by atoms with van der Waals surface area (Å²) in [5.74, 6) is 0. The molecule has 1 heterocycles. The number of alkyl halides is 6. The Kier molecular flexibility index (Phi) is 2.74. The summed E-state index contributed by atoms with van der Waals surface area (Å²) in [6.45, 7) is 0. The molecule has 0 fully saturated rings. The molecule has 0 aliphatic rings. The first-order chi connectivity index (χ1) is 8.57. The molecular weight excluding hydrogens is 280 g/mol. The van der Waals surface area contributed by atoms with Gasteiger partial charge in [0.05, 0.1) is 0 Å². The highest BCUT2D eigenvalue weighted by molar-refractivity contribution is 5.74. The number of benzene rings is 1. The van der Waals surface area contributed by atoms with E-state index >= 15 is 0 Å². The molecular formula is C9H5F6N3O. The SMILES string of the molecule is OC(c1ccc2n[nH]nc2c1)(C(F)(F)F)C(F)(F)F. The van der Waals surface area contributed by atoms with Crippen LogP contribution in [0.2, 0.25) is 0 Å². The molecule has 19 heavy (non-hydrogen) atoms. The Morgan fingerprint density at radius 1 is 0.895 bits per heavy atom. The van der Waals surface area contributed by atoms with Gasteiger partial charge in [-0.25, -0.2) is 0 Å². The molecule has 2 aromatic rings. The quantitative estimate of drug-likeness (QED) is 0.790. The van der Waals surface area contributed by atoms with Gasteiger partial charge in [0.25, 0.3) is 5.60 Å². The van der Waals surface area contributed by atoms with E-state index in [-0.39, 0.29) is 11.0 Å². The first kappa shape index (κ1) is 13.6. The summed E-state index contributed by atoms with van der Waals surface area (Å²) in [6.07, 6.45) is -11.8. The lowest BCUT2D eigenvalue weighted by molar-refractivity contribution is -0.376. The second kappa shape index (κ2) is 3.83. The molecule has 1 aromatic heterocycles. The van der Waals surface area contributed by atoms with Gasteiger partial charge in [-0.2, -0.15) is 41.8 Å².